The summed E-state index contributed by atoms with van der Waals surface area (Å²) in [5.41, 5.74) is 3.25. The molecule has 0 saturated carbocycles. The van der Waals surface area contributed by atoms with Gasteiger partial charge >= 0.3 is 0 Å². The Hall–Kier alpha value is -5.75. The SMILES string of the molecule is CCCS(=O)(=O)Nc1cccc(-c2nc(C(C)(C)C)sc2-c2ccnc(Nc3cnn(C4CCN(C(=O)C[C@@H]5CCN(c6ccc([C@@H]7CCC(=O)NC7=O)cc6)C5)CC4)c3)n2)c1F. The number of amides is 3. The smallest absolute Gasteiger partial charge is 0.234 e. The first-order chi connectivity index (χ1) is 30.1. The summed E-state index contributed by atoms with van der Waals surface area (Å²) in [7, 11) is -3.72. The second-order valence-corrected chi connectivity index (χ2v) is 20.5. The maximum atomic E-state index is 16.1. The van der Waals surface area contributed by atoms with Gasteiger partial charge in [0.2, 0.25) is 33.7 Å². The van der Waals surface area contributed by atoms with Crippen molar-refractivity contribution < 1.29 is 27.2 Å². The number of aromatic nitrogens is 5. The molecule has 3 fully saturated rings. The molecular formula is C45H53FN10O5S2. The number of nitrogens with one attached hydrogen (secondary N) is 3. The molecular weight excluding hydrogens is 844 g/mol. The summed E-state index contributed by atoms with van der Waals surface area (Å²) in [6, 6.07) is 14.5. The van der Waals surface area contributed by atoms with Crippen molar-refractivity contribution in [3.63, 3.8) is 0 Å². The highest BCUT2D eigenvalue weighted by molar-refractivity contribution is 7.92. The highest BCUT2D eigenvalue weighted by atomic mass is 32.2. The van der Waals surface area contributed by atoms with E-state index in [9.17, 15) is 22.8 Å². The monoisotopic (exact) mass is 896 g/mol. The minimum atomic E-state index is -3.72. The zero-order chi connectivity index (χ0) is 44.5. The first-order valence-electron chi connectivity index (χ1n) is 21.6. The Morgan fingerprint density at radius 2 is 1.78 bits per heavy atom. The molecule has 0 aliphatic carbocycles. The molecule has 2 atom stereocenters. The standard InChI is InChI=1S/C45H53FN10O5S2/c1-5-23-63(60,61)53-35-8-6-7-34(39(35)46)40-41(62-43(52-40)45(2,3)4)36-15-19-47-44(50-36)49-30-25-48-56(27-30)32-17-21-54(22-18-32)38(58)24-28-16-20-55(26-28)31-11-9-29(10-12-31)33-13-14-37(57)51-42(33)59/h6-12,15,19,25,27-28,32-33,53H,5,13-14,16-18,20-24,26H2,1-4H3,(H,47,49,50)(H,51,57,59)/t28-,33-/m0/s1. The molecule has 3 saturated heterocycles. The fourth-order valence-corrected chi connectivity index (χ4v) is 10.7. The number of likely N-dealkylation sites (tertiary alicyclic amines) is 1. The van der Waals surface area contributed by atoms with Crippen LogP contribution >= 0.6 is 11.3 Å². The van der Waals surface area contributed by atoms with Crippen molar-refractivity contribution in [2.24, 2.45) is 5.92 Å². The summed E-state index contributed by atoms with van der Waals surface area (Å²) in [6.45, 7) is 10.8. The van der Waals surface area contributed by atoms with Gasteiger partial charge in [-0.2, -0.15) is 5.10 Å². The van der Waals surface area contributed by atoms with Crippen molar-refractivity contribution in [2.45, 2.75) is 90.0 Å². The van der Waals surface area contributed by atoms with Crippen molar-refractivity contribution in [1.29, 1.82) is 0 Å². The minimum Gasteiger partial charge on any atom is -0.371 e. The summed E-state index contributed by atoms with van der Waals surface area (Å²) in [6.07, 6.45) is 9.53. The van der Waals surface area contributed by atoms with E-state index in [2.05, 4.69) is 30.3 Å². The first kappa shape index (κ1) is 43.9. The Labute approximate surface area is 371 Å². The number of hydrogen-bond acceptors (Lipinski definition) is 12. The molecule has 3 aliphatic heterocycles. The van der Waals surface area contributed by atoms with E-state index < -0.39 is 15.8 Å². The predicted octanol–water partition coefficient (Wildman–Crippen LogP) is 7.40. The van der Waals surface area contributed by atoms with Gasteiger partial charge in [-0.25, -0.2) is 27.8 Å². The van der Waals surface area contributed by atoms with Gasteiger partial charge in [-0.3, -0.25) is 29.1 Å². The second kappa shape index (κ2) is 18.2. The van der Waals surface area contributed by atoms with E-state index in [0.717, 1.165) is 48.6 Å². The molecule has 18 heteroatoms. The molecule has 2 aromatic carbocycles. The highest BCUT2D eigenvalue weighted by Gasteiger charge is 2.32. The maximum absolute atomic E-state index is 16.1. The van der Waals surface area contributed by atoms with Crippen molar-refractivity contribution in [3.05, 3.63) is 83.5 Å². The lowest BCUT2D eigenvalue weighted by atomic mass is 9.90. The van der Waals surface area contributed by atoms with Crippen LogP contribution in [0.4, 0.5) is 27.4 Å². The second-order valence-electron chi connectivity index (χ2n) is 17.6. The number of rotatable bonds is 13. The van der Waals surface area contributed by atoms with Crippen LogP contribution < -0.4 is 20.3 Å². The van der Waals surface area contributed by atoms with Gasteiger partial charge in [-0.05, 0) is 73.9 Å². The van der Waals surface area contributed by atoms with Gasteiger partial charge in [-0.15, -0.1) is 11.3 Å². The van der Waals surface area contributed by atoms with Gasteiger partial charge in [0.05, 0.1) is 56.6 Å². The van der Waals surface area contributed by atoms with E-state index in [1.54, 1.807) is 37.5 Å². The lowest BCUT2D eigenvalue weighted by Gasteiger charge is -2.32. The molecule has 0 unspecified atom stereocenters. The Morgan fingerprint density at radius 3 is 2.51 bits per heavy atom. The van der Waals surface area contributed by atoms with Crippen molar-refractivity contribution in [1.82, 2.24) is 34.9 Å². The molecule has 5 aromatic rings. The number of sulfonamides is 1. The maximum Gasteiger partial charge on any atom is 0.234 e. The normalized spacial score (nSPS) is 18.7. The number of piperidine rings is 2. The van der Waals surface area contributed by atoms with Gasteiger partial charge in [0.15, 0.2) is 5.82 Å². The molecule has 0 spiro atoms. The summed E-state index contributed by atoms with van der Waals surface area (Å²) >= 11 is 1.40. The van der Waals surface area contributed by atoms with E-state index in [0.29, 0.717) is 66.7 Å². The molecule has 3 aromatic heterocycles. The van der Waals surface area contributed by atoms with Crippen LogP contribution in [-0.4, -0.2) is 87.7 Å². The summed E-state index contributed by atoms with van der Waals surface area (Å²) in [4.78, 5) is 56.4. The van der Waals surface area contributed by atoms with Crippen molar-refractivity contribution in [2.75, 3.05) is 46.9 Å². The molecule has 0 bridgehead atoms. The molecule has 63 heavy (non-hydrogen) atoms. The van der Waals surface area contributed by atoms with Crippen molar-refractivity contribution >= 4 is 62.1 Å². The lowest BCUT2D eigenvalue weighted by Crippen LogP contribution is -2.40. The number of carbonyl (C=O) groups excluding carboxylic acids is 3. The lowest BCUT2D eigenvalue weighted by molar-refractivity contribution is -0.135. The quantitative estimate of drug-likeness (QED) is 0.100. The molecule has 8 rings (SSSR count). The minimum absolute atomic E-state index is 0.120. The zero-order valence-corrected chi connectivity index (χ0v) is 37.6. The third-order valence-electron chi connectivity index (χ3n) is 11.8. The number of thiazole rings is 1. The van der Waals surface area contributed by atoms with Crippen LogP contribution in [0.1, 0.15) is 95.2 Å². The Kier molecular flexibility index (Phi) is 12.6. The molecule has 3 aliphatic rings. The number of hydrogen-bond donors (Lipinski definition) is 3. The van der Waals surface area contributed by atoms with Gasteiger partial charge < -0.3 is 15.1 Å². The van der Waals surface area contributed by atoms with Crippen LogP contribution in [0.3, 0.4) is 0 Å². The Balaban J connectivity index is 0.870. The van der Waals surface area contributed by atoms with E-state index in [1.807, 2.05) is 60.8 Å². The summed E-state index contributed by atoms with van der Waals surface area (Å²) in [5, 5.41) is 11.1. The highest BCUT2D eigenvalue weighted by Crippen LogP contribution is 2.42. The third kappa shape index (κ3) is 10.1. The number of benzene rings is 2. The van der Waals surface area contributed by atoms with E-state index >= 15 is 4.39 Å². The van der Waals surface area contributed by atoms with Crippen LogP contribution in [0.15, 0.2) is 67.1 Å². The zero-order valence-electron chi connectivity index (χ0n) is 35.9. The number of anilines is 4. The topological polar surface area (TPSA) is 184 Å². The van der Waals surface area contributed by atoms with Crippen LogP contribution in [-0.2, 0) is 29.8 Å². The van der Waals surface area contributed by atoms with Gasteiger partial charge in [0, 0.05) is 68.1 Å². The van der Waals surface area contributed by atoms with Crippen LogP contribution in [0, 0.1) is 11.7 Å². The molecule has 3 N–H and O–H groups in total. The fourth-order valence-electron chi connectivity index (χ4n) is 8.47. The summed E-state index contributed by atoms with van der Waals surface area (Å²) < 4.78 is 45.5. The Bertz CT molecular complexity index is 2600. The molecule has 6 heterocycles. The van der Waals surface area contributed by atoms with Crippen LogP contribution in [0.25, 0.3) is 21.8 Å². The fraction of sp³-hybridized carbons (Fsp3) is 0.444. The Morgan fingerprint density at radius 1 is 1.00 bits per heavy atom. The molecule has 332 valence electrons. The van der Waals surface area contributed by atoms with Crippen molar-refractivity contribution in [3.8, 4) is 21.8 Å². The van der Waals surface area contributed by atoms with Crippen LogP contribution in [0.2, 0.25) is 0 Å². The number of nitrogens with zero attached hydrogens (tertiary/aromatic N) is 7. The van der Waals surface area contributed by atoms with E-state index in [1.165, 1.54) is 17.4 Å². The summed E-state index contributed by atoms with van der Waals surface area (Å²) in [5.74, 6) is -0.832. The van der Waals surface area contributed by atoms with Gasteiger partial charge in [0.25, 0.3) is 0 Å². The number of carbonyl (C=O) groups is 3. The predicted molar refractivity (Wildman–Crippen MR) is 242 cm³/mol. The number of halogens is 1. The average molecular weight is 897 g/mol. The van der Waals surface area contributed by atoms with Crippen LogP contribution in [0.5, 0.6) is 0 Å². The van der Waals surface area contributed by atoms with Gasteiger partial charge in [0.1, 0.15) is 0 Å². The molecule has 15 nitrogen and oxygen atoms in total. The average Bonchev–Trinajstić information content (AvgIpc) is 4.03. The molecule has 0 radical (unpaired) electrons. The van der Waals surface area contributed by atoms with E-state index in [4.69, 9.17) is 9.97 Å². The largest absolute Gasteiger partial charge is 0.371 e. The molecule has 3 amide bonds. The van der Waals surface area contributed by atoms with E-state index in [-0.39, 0.29) is 58.0 Å². The third-order valence-corrected chi connectivity index (χ3v) is 14.8. The number of imide groups is 1. The first-order valence-corrected chi connectivity index (χ1v) is 24.0. The van der Waals surface area contributed by atoms with Gasteiger partial charge in [-0.1, -0.05) is 45.9 Å².